The number of sulfonamides is 1. The van der Waals surface area contributed by atoms with Crippen molar-refractivity contribution < 1.29 is 13.5 Å². The smallest absolute Gasteiger partial charge is 0.250 e. The summed E-state index contributed by atoms with van der Waals surface area (Å²) in [6, 6.07) is 3.19. The lowest BCUT2D eigenvalue weighted by atomic mass is 10.0. The first kappa shape index (κ1) is 14.0. The van der Waals surface area contributed by atoms with Crippen LogP contribution >= 0.6 is 11.3 Å². The van der Waals surface area contributed by atoms with E-state index in [2.05, 4.69) is 4.72 Å². The number of thiophene rings is 1. The van der Waals surface area contributed by atoms with Gasteiger partial charge in [-0.05, 0) is 37.8 Å². The zero-order chi connectivity index (χ0) is 13.2. The zero-order valence-corrected chi connectivity index (χ0v) is 12.1. The molecule has 0 aliphatic heterocycles. The highest BCUT2D eigenvalue weighted by molar-refractivity contribution is 7.91. The summed E-state index contributed by atoms with van der Waals surface area (Å²) in [5.41, 5.74) is 0. The van der Waals surface area contributed by atoms with Crippen LogP contribution < -0.4 is 4.72 Å². The Bertz CT molecular complexity index is 489. The third-order valence-electron chi connectivity index (χ3n) is 3.51. The summed E-state index contributed by atoms with van der Waals surface area (Å²) in [6.07, 6.45) is 4.61. The van der Waals surface area contributed by atoms with Gasteiger partial charge in [0.1, 0.15) is 4.21 Å². The summed E-state index contributed by atoms with van der Waals surface area (Å²) in [6.45, 7) is 1.83. The minimum atomic E-state index is -3.43. The fourth-order valence-electron chi connectivity index (χ4n) is 2.44. The van der Waals surface area contributed by atoms with E-state index < -0.39 is 10.0 Å². The van der Waals surface area contributed by atoms with Crippen LogP contribution in [0.1, 0.15) is 37.5 Å². The van der Waals surface area contributed by atoms with E-state index in [4.69, 9.17) is 5.11 Å². The van der Waals surface area contributed by atoms with Gasteiger partial charge in [0.2, 0.25) is 10.0 Å². The summed E-state index contributed by atoms with van der Waals surface area (Å²) < 4.78 is 27.3. The molecule has 1 unspecified atom stereocenters. The second-order valence-electron chi connectivity index (χ2n) is 4.83. The fourth-order valence-corrected chi connectivity index (χ4v) is 4.99. The predicted octanol–water partition coefficient (Wildman–Crippen LogP) is 2.10. The second kappa shape index (κ2) is 5.69. The van der Waals surface area contributed by atoms with E-state index >= 15 is 0 Å². The molecule has 1 heterocycles. The second-order valence-corrected chi connectivity index (χ2v) is 7.94. The molecule has 0 bridgehead atoms. The van der Waals surface area contributed by atoms with Crippen molar-refractivity contribution in [3.63, 3.8) is 0 Å². The molecule has 1 aromatic heterocycles. The Morgan fingerprint density at radius 3 is 2.67 bits per heavy atom. The van der Waals surface area contributed by atoms with E-state index in [1.165, 1.54) is 12.8 Å². The molecule has 0 spiro atoms. The third kappa shape index (κ3) is 3.12. The van der Waals surface area contributed by atoms with Gasteiger partial charge in [-0.15, -0.1) is 11.3 Å². The summed E-state index contributed by atoms with van der Waals surface area (Å²) in [5.74, 6) is 0.456. The lowest BCUT2D eigenvalue weighted by Crippen LogP contribution is -2.36. The van der Waals surface area contributed by atoms with Crippen LogP contribution in [0, 0.1) is 5.92 Å². The van der Waals surface area contributed by atoms with Gasteiger partial charge in [-0.1, -0.05) is 12.8 Å². The molecule has 0 saturated heterocycles. The Kier molecular flexibility index (Phi) is 4.42. The number of nitrogens with one attached hydrogen (secondary N) is 1. The van der Waals surface area contributed by atoms with Crippen LogP contribution in [-0.2, 0) is 16.6 Å². The van der Waals surface area contributed by atoms with Gasteiger partial charge in [0, 0.05) is 10.9 Å². The Labute approximate surface area is 112 Å². The molecule has 18 heavy (non-hydrogen) atoms. The van der Waals surface area contributed by atoms with Crippen molar-refractivity contribution in [2.24, 2.45) is 5.92 Å². The maximum Gasteiger partial charge on any atom is 0.250 e. The van der Waals surface area contributed by atoms with Crippen LogP contribution in [0.4, 0.5) is 0 Å². The lowest BCUT2D eigenvalue weighted by molar-refractivity contribution is 0.285. The van der Waals surface area contributed by atoms with Gasteiger partial charge in [-0.2, -0.15) is 0 Å². The van der Waals surface area contributed by atoms with Crippen molar-refractivity contribution in [1.82, 2.24) is 4.72 Å². The molecule has 1 aliphatic rings. The van der Waals surface area contributed by atoms with E-state index in [1.807, 2.05) is 6.92 Å². The number of aliphatic hydroxyl groups excluding tert-OH is 1. The first-order valence-corrected chi connectivity index (χ1v) is 8.55. The molecular weight excluding hydrogens is 270 g/mol. The molecule has 1 aliphatic carbocycles. The largest absolute Gasteiger partial charge is 0.391 e. The van der Waals surface area contributed by atoms with E-state index in [0.717, 1.165) is 24.2 Å². The van der Waals surface area contributed by atoms with Crippen molar-refractivity contribution in [3.8, 4) is 0 Å². The molecule has 0 amide bonds. The fraction of sp³-hybridized carbons (Fsp3) is 0.667. The molecule has 102 valence electrons. The molecule has 0 radical (unpaired) electrons. The molecule has 1 aromatic rings. The van der Waals surface area contributed by atoms with Gasteiger partial charge in [-0.25, -0.2) is 13.1 Å². The molecule has 1 saturated carbocycles. The molecule has 2 rings (SSSR count). The van der Waals surface area contributed by atoms with Crippen molar-refractivity contribution in [2.75, 3.05) is 0 Å². The van der Waals surface area contributed by atoms with E-state index in [-0.39, 0.29) is 16.9 Å². The molecule has 0 aromatic carbocycles. The van der Waals surface area contributed by atoms with Crippen molar-refractivity contribution in [2.45, 2.75) is 49.5 Å². The van der Waals surface area contributed by atoms with E-state index in [1.54, 1.807) is 12.1 Å². The average molecular weight is 289 g/mol. The summed E-state index contributed by atoms with van der Waals surface area (Å²) >= 11 is 1.12. The van der Waals surface area contributed by atoms with Gasteiger partial charge in [0.15, 0.2) is 0 Å². The van der Waals surface area contributed by atoms with Gasteiger partial charge >= 0.3 is 0 Å². The van der Waals surface area contributed by atoms with Gasteiger partial charge < -0.3 is 5.11 Å². The van der Waals surface area contributed by atoms with Crippen LogP contribution in [0.5, 0.6) is 0 Å². The number of aliphatic hydroxyl groups is 1. The Morgan fingerprint density at radius 1 is 1.44 bits per heavy atom. The molecule has 4 nitrogen and oxygen atoms in total. The quantitative estimate of drug-likeness (QED) is 0.872. The monoisotopic (exact) mass is 289 g/mol. The molecule has 6 heteroatoms. The summed E-state index contributed by atoms with van der Waals surface area (Å²) in [4.78, 5) is 0.670. The van der Waals surface area contributed by atoms with Gasteiger partial charge in [0.05, 0.1) is 6.61 Å². The zero-order valence-electron chi connectivity index (χ0n) is 10.4. The number of hydrogen-bond acceptors (Lipinski definition) is 4. The topological polar surface area (TPSA) is 66.4 Å². The highest BCUT2D eigenvalue weighted by atomic mass is 32.2. The molecular formula is C12H19NO3S2. The van der Waals surface area contributed by atoms with Crippen LogP contribution in [0.3, 0.4) is 0 Å². The minimum absolute atomic E-state index is 0.0165. The highest BCUT2D eigenvalue weighted by Gasteiger charge is 2.26. The SMILES string of the molecule is CC(NS(=O)(=O)c1ccc(CO)s1)C1CCCC1. The standard InChI is InChI=1S/C12H19NO3S2/c1-9(10-4-2-3-5-10)13-18(15,16)12-7-6-11(8-14)17-12/h6-7,9-10,13-14H,2-5,8H2,1H3. The highest BCUT2D eigenvalue weighted by Crippen LogP contribution is 2.29. The molecule has 1 atom stereocenters. The number of rotatable bonds is 5. The summed E-state index contributed by atoms with van der Waals surface area (Å²) in [5, 5.41) is 8.97. The van der Waals surface area contributed by atoms with Crippen molar-refractivity contribution in [1.29, 1.82) is 0 Å². The Balaban J connectivity index is 2.06. The lowest BCUT2D eigenvalue weighted by Gasteiger charge is -2.19. The van der Waals surface area contributed by atoms with Crippen LogP contribution in [0.25, 0.3) is 0 Å². The van der Waals surface area contributed by atoms with Crippen molar-refractivity contribution >= 4 is 21.4 Å². The minimum Gasteiger partial charge on any atom is -0.391 e. The van der Waals surface area contributed by atoms with E-state index in [0.29, 0.717) is 10.8 Å². The van der Waals surface area contributed by atoms with Gasteiger partial charge in [0.25, 0.3) is 0 Å². The number of hydrogen-bond donors (Lipinski definition) is 2. The maximum absolute atomic E-state index is 12.1. The molecule has 1 fully saturated rings. The first-order chi connectivity index (χ1) is 8.53. The van der Waals surface area contributed by atoms with Crippen molar-refractivity contribution in [3.05, 3.63) is 17.0 Å². The van der Waals surface area contributed by atoms with Gasteiger partial charge in [-0.3, -0.25) is 0 Å². The normalized spacial score (nSPS) is 19.2. The molecule has 2 N–H and O–H groups in total. The third-order valence-corrected chi connectivity index (χ3v) is 6.63. The van der Waals surface area contributed by atoms with Crippen LogP contribution in [-0.4, -0.2) is 19.6 Å². The summed E-state index contributed by atoms with van der Waals surface area (Å²) in [7, 11) is -3.43. The van der Waals surface area contributed by atoms with Crippen LogP contribution in [0.15, 0.2) is 16.3 Å². The predicted molar refractivity (Wildman–Crippen MR) is 72.0 cm³/mol. The first-order valence-electron chi connectivity index (χ1n) is 6.25. The Morgan fingerprint density at radius 2 is 2.11 bits per heavy atom. The maximum atomic E-state index is 12.1. The Hall–Kier alpha value is -0.430. The van der Waals surface area contributed by atoms with E-state index in [9.17, 15) is 8.42 Å². The van der Waals surface area contributed by atoms with Crippen LogP contribution in [0.2, 0.25) is 0 Å². The average Bonchev–Trinajstić information content (AvgIpc) is 3.00.